The van der Waals surface area contributed by atoms with Crippen molar-refractivity contribution in [3.05, 3.63) is 107 Å². The highest BCUT2D eigenvalue weighted by Crippen LogP contribution is 2.42. The van der Waals surface area contributed by atoms with Gasteiger partial charge in [-0.05, 0) is 34.9 Å². The summed E-state index contributed by atoms with van der Waals surface area (Å²) in [5.74, 6) is -0.825. The lowest BCUT2D eigenvalue weighted by atomic mass is 9.86. The molecule has 0 unspecified atom stereocenters. The van der Waals surface area contributed by atoms with E-state index in [1.54, 1.807) is 41.3 Å². The second-order valence-electron chi connectivity index (χ2n) is 9.75. The SMILES string of the molecule is COC(=O)c1ccc([C@@H]2c3[nH]c4ccccc4c3C[C@H]3C(=O)N(C[C@@H](O)c4ccccc4)CC(=O)N23)cc1. The minimum atomic E-state index is -0.895. The average molecular weight is 510 g/mol. The molecule has 0 saturated carbocycles. The number of hydrogen-bond acceptors (Lipinski definition) is 5. The number of rotatable bonds is 5. The Hall–Kier alpha value is -4.43. The first kappa shape index (κ1) is 23.9. The zero-order valence-electron chi connectivity index (χ0n) is 20.8. The molecule has 192 valence electrons. The minimum absolute atomic E-state index is 0.0398. The number of nitrogens with zero attached hydrogens (tertiary/aromatic N) is 2. The van der Waals surface area contributed by atoms with Crippen LogP contribution in [0.25, 0.3) is 10.9 Å². The van der Waals surface area contributed by atoms with Gasteiger partial charge in [0.25, 0.3) is 0 Å². The molecule has 4 aromatic rings. The third kappa shape index (κ3) is 3.94. The van der Waals surface area contributed by atoms with Crippen LogP contribution in [0.2, 0.25) is 0 Å². The van der Waals surface area contributed by atoms with E-state index in [1.807, 2.05) is 42.5 Å². The van der Waals surface area contributed by atoms with Crippen LogP contribution in [0.4, 0.5) is 0 Å². The number of hydrogen-bond donors (Lipinski definition) is 2. The minimum Gasteiger partial charge on any atom is -0.465 e. The molecule has 38 heavy (non-hydrogen) atoms. The van der Waals surface area contributed by atoms with Gasteiger partial charge in [-0.2, -0.15) is 0 Å². The number of piperazine rings is 1. The molecule has 1 fully saturated rings. The number of aliphatic hydroxyl groups is 1. The summed E-state index contributed by atoms with van der Waals surface area (Å²) in [7, 11) is 1.33. The van der Waals surface area contributed by atoms with Gasteiger partial charge >= 0.3 is 5.97 Å². The van der Waals surface area contributed by atoms with E-state index in [0.717, 1.165) is 27.7 Å². The van der Waals surface area contributed by atoms with Crippen molar-refractivity contribution in [1.29, 1.82) is 0 Å². The zero-order chi connectivity index (χ0) is 26.4. The first-order valence-corrected chi connectivity index (χ1v) is 12.6. The molecule has 0 bridgehead atoms. The fourth-order valence-corrected chi connectivity index (χ4v) is 5.73. The predicted octanol–water partition coefficient (Wildman–Crippen LogP) is 3.37. The van der Waals surface area contributed by atoms with Crippen LogP contribution in [0.1, 0.15) is 44.9 Å². The molecule has 2 amide bonds. The monoisotopic (exact) mass is 509 g/mol. The molecule has 2 aliphatic rings. The lowest BCUT2D eigenvalue weighted by Gasteiger charge is -2.47. The van der Waals surface area contributed by atoms with Crippen LogP contribution in [0.15, 0.2) is 78.9 Å². The van der Waals surface area contributed by atoms with E-state index < -0.39 is 24.2 Å². The fourth-order valence-electron chi connectivity index (χ4n) is 5.73. The normalized spacial score (nSPS) is 19.7. The number of carbonyl (C=O) groups excluding carboxylic acids is 3. The molecule has 0 aliphatic carbocycles. The number of ether oxygens (including phenoxy) is 1. The van der Waals surface area contributed by atoms with Crippen LogP contribution in [0.3, 0.4) is 0 Å². The van der Waals surface area contributed by atoms with Crippen molar-refractivity contribution in [1.82, 2.24) is 14.8 Å². The zero-order valence-corrected chi connectivity index (χ0v) is 20.8. The van der Waals surface area contributed by atoms with E-state index >= 15 is 0 Å². The molecule has 8 heteroatoms. The molecule has 3 atom stereocenters. The van der Waals surface area contributed by atoms with Crippen molar-refractivity contribution < 1.29 is 24.2 Å². The summed E-state index contributed by atoms with van der Waals surface area (Å²) >= 11 is 0. The molecule has 0 radical (unpaired) electrons. The summed E-state index contributed by atoms with van der Waals surface area (Å²) in [6, 6.07) is 22.8. The van der Waals surface area contributed by atoms with Crippen molar-refractivity contribution in [2.75, 3.05) is 20.2 Å². The third-order valence-electron chi connectivity index (χ3n) is 7.57. The molecule has 2 N–H and O–H groups in total. The Morgan fingerprint density at radius 2 is 1.74 bits per heavy atom. The number of aromatic amines is 1. The second kappa shape index (κ2) is 9.46. The maximum Gasteiger partial charge on any atom is 0.337 e. The Balaban J connectivity index is 1.40. The van der Waals surface area contributed by atoms with Crippen LogP contribution in [-0.2, 0) is 20.7 Å². The van der Waals surface area contributed by atoms with Gasteiger partial charge < -0.3 is 24.6 Å². The molecule has 0 spiro atoms. The second-order valence-corrected chi connectivity index (χ2v) is 9.75. The predicted molar refractivity (Wildman–Crippen MR) is 140 cm³/mol. The Labute approximate surface area is 219 Å². The van der Waals surface area contributed by atoms with E-state index in [1.165, 1.54) is 12.0 Å². The van der Waals surface area contributed by atoms with Gasteiger partial charge in [0.15, 0.2) is 0 Å². The summed E-state index contributed by atoms with van der Waals surface area (Å²) in [6.07, 6.45) is -0.521. The van der Waals surface area contributed by atoms with Gasteiger partial charge in [0.2, 0.25) is 11.8 Å². The summed E-state index contributed by atoms with van der Waals surface area (Å²) in [5.41, 5.74) is 4.69. The molecule has 6 rings (SSSR count). The van der Waals surface area contributed by atoms with Gasteiger partial charge in [-0.15, -0.1) is 0 Å². The standard InChI is InChI=1S/C30H27N3O5/c1-38-30(37)20-13-11-19(12-14-20)28-27-22(21-9-5-6-10-23(21)31-27)15-24-29(36)32(17-26(35)33(24)28)16-25(34)18-7-3-2-4-8-18/h2-14,24-25,28,31,34H,15-17H2,1H3/t24-,25+,28+/m0/s1. The number of aliphatic hydroxyl groups excluding tert-OH is 1. The van der Waals surface area contributed by atoms with Crippen molar-refractivity contribution in [2.45, 2.75) is 24.6 Å². The molecular formula is C30H27N3O5. The topological polar surface area (TPSA) is 103 Å². The van der Waals surface area contributed by atoms with Gasteiger partial charge in [-0.3, -0.25) is 9.59 Å². The number of amides is 2. The molecule has 8 nitrogen and oxygen atoms in total. The number of benzene rings is 3. The first-order valence-electron chi connectivity index (χ1n) is 12.6. The van der Waals surface area contributed by atoms with E-state index in [2.05, 4.69) is 4.98 Å². The lowest BCUT2D eigenvalue weighted by molar-refractivity contribution is -0.159. The van der Waals surface area contributed by atoms with E-state index in [9.17, 15) is 19.5 Å². The average Bonchev–Trinajstić information content (AvgIpc) is 3.33. The summed E-state index contributed by atoms with van der Waals surface area (Å²) < 4.78 is 4.83. The molecular weight excluding hydrogens is 482 g/mol. The van der Waals surface area contributed by atoms with Crippen LogP contribution in [0, 0.1) is 0 Å². The third-order valence-corrected chi connectivity index (χ3v) is 7.57. The molecule has 2 aliphatic heterocycles. The van der Waals surface area contributed by atoms with Crippen LogP contribution in [0.5, 0.6) is 0 Å². The number of fused-ring (bicyclic) bond motifs is 4. The van der Waals surface area contributed by atoms with Crippen molar-refractivity contribution >= 4 is 28.7 Å². The van der Waals surface area contributed by atoms with Crippen LogP contribution < -0.4 is 0 Å². The van der Waals surface area contributed by atoms with Gasteiger partial charge in [0.05, 0.1) is 37.9 Å². The summed E-state index contributed by atoms with van der Waals surface area (Å²) in [4.78, 5) is 46.2. The Morgan fingerprint density at radius 1 is 1.03 bits per heavy atom. The number of methoxy groups -OCH3 is 1. The number of para-hydroxylation sites is 1. The Morgan fingerprint density at radius 3 is 2.47 bits per heavy atom. The lowest BCUT2D eigenvalue weighted by Crippen LogP contribution is -2.63. The van der Waals surface area contributed by atoms with Gasteiger partial charge in [-0.1, -0.05) is 60.7 Å². The van der Waals surface area contributed by atoms with Gasteiger partial charge in [0.1, 0.15) is 6.04 Å². The van der Waals surface area contributed by atoms with Crippen molar-refractivity contribution in [3.8, 4) is 0 Å². The van der Waals surface area contributed by atoms with Gasteiger partial charge in [0, 0.05) is 23.0 Å². The molecule has 1 saturated heterocycles. The van der Waals surface area contributed by atoms with E-state index in [-0.39, 0.29) is 24.9 Å². The van der Waals surface area contributed by atoms with E-state index in [0.29, 0.717) is 17.5 Å². The smallest absolute Gasteiger partial charge is 0.337 e. The maximum absolute atomic E-state index is 13.8. The van der Waals surface area contributed by atoms with Crippen molar-refractivity contribution in [2.24, 2.45) is 0 Å². The van der Waals surface area contributed by atoms with Crippen LogP contribution >= 0.6 is 0 Å². The number of β-amino-alcohol motifs (C(OH)–C–C–N with tert-alkyl or cyclic N) is 1. The number of H-pyrrole nitrogens is 1. The molecule has 3 heterocycles. The summed E-state index contributed by atoms with van der Waals surface area (Å²) in [6.45, 7) is -0.0797. The number of nitrogens with one attached hydrogen (secondary N) is 1. The van der Waals surface area contributed by atoms with E-state index in [4.69, 9.17) is 4.74 Å². The molecule has 1 aromatic heterocycles. The van der Waals surface area contributed by atoms with Crippen LogP contribution in [-0.4, -0.2) is 63.9 Å². The number of aromatic nitrogens is 1. The Kier molecular flexibility index (Phi) is 5.96. The first-order chi connectivity index (χ1) is 18.5. The highest BCUT2D eigenvalue weighted by atomic mass is 16.5. The maximum atomic E-state index is 13.8. The fraction of sp³-hybridized carbons (Fsp3) is 0.233. The van der Waals surface area contributed by atoms with Crippen molar-refractivity contribution in [3.63, 3.8) is 0 Å². The molecule has 3 aromatic carbocycles. The highest BCUT2D eigenvalue weighted by molar-refractivity contribution is 5.97. The quantitative estimate of drug-likeness (QED) is 0.402. The number of carbonyl (C=O) groups is 3. The highest BCUT2D eigenvalue weighted by Gasteiger charge is 2.48. The number of esters is 1. The Bertz CT molecular complexity index is 1530. The largest absolute Gasteiger partial charge is 0.465 e. The summed E-state index contributed by atoms with van der Waals surface area (Å²) in [5, 5.41) is 11.8. The van der Waals surface area contributed by atoms with Gasteiger partial charge in [-0.25, -0.2) is 4.79 Å².